The van der Waals surface area contributed by atoms with E-state index in [1.807, 2.05) is 6.92 Å². The van der Waals surface area contributed by atoms with E-state index in [-0.39, 0.29) is 30.2 Å². The molecule has 152 valence electrons. The molecule has 0 aromatic carbocycles. The number of aryl methyl sites for hydroxylation is 1. The first-order valence-electron chi connectivity index (χ1n) is 9.06. The van der Waals surface area contributed by atoms with Gasteiger partial charge in [-0.2, -0.15) is 0 Å². The number of nitrogens with zero attached hydrogens (tertiary/aromatic N) is 2. The van der Waals surface area contributed by atoms with E-state index >= 15 is 0 Å². The molecule has 29 heavy (non-hydrogen) atoms. The molecule has 1 aliphatic rings. The largest absolute Gasteiger partial charge is 0.351 e. The number of anilines is 1. The lowest BCUT2D eigenvalue weighted by Gasteiger charge is -2.08. The molecule has 3 amide bonds. The Morgan fingerprint density at radius 3 is 2.72 bits per heavy atom. The highest BCUT2D eigenvalue weighted by molar-refractivity contribution is 8.01. The van der Waals surface area contributed by atoms with Crippen molar-refractivity contribution in [2.24, 2.45) is 5.92 Å². The second kappa shape index (κ2) is 9.66. The first-order chi connectivity index (χ1) is 14.0. The highest BCUT2D eigenvalue weighted by Crippen LogP contribution is 2.36. The van der Waals surface area contributed by atoms with Crippen LogP contribution in [0.2, 0.25) is 0 Å². The molecule has 3 rings (SSSR count). The van der Waals surface area contributed by atoms with Gasteiger partial charge in [0.1, 0.15) is 5.69 Å². The molecule has 0 unspecified atom stereocenters. The molecule has 0 bridgehead atoms. The monoisotopic (exact) mass is 431 g/mol. The molecule has 1 saturated carbocycles. The van der Waals surface area contributed by atoms with Gasteiger partial charge in [0.15, 0.2) is 5.13 Å². The summed E-state index contributed by atoms with van der Waals surface area (Å²) in [5.41, 5.74) is 1.22. The number of nitrogens with one attached hydrogen (secondary N) is 3. The molecule has 0 radical (unpaired) electrons. The quantitative estimate of drug-likeness (QED) is 0.415. The maximum atomic E-state index is 12.3. The van der Waals surface area contributed by atoms with Crippen LogP contribution in [-0.2, 0) is 9.59 Å². The zero-order chi connectivity index (χ0) is 20.8. The van der Waals surface area contributed by atoms with Crippen molar-refractivity contribution in [1.29, 1.82) is 0 Å². The van der Waals surface area contributed by atoms with Gasteiger partial charge in [-0.05, 0) is 37.5 Å². The minimum absolute atomic E-state index is 0.0271. The van der Waals surface area contributed by atoms with Crippen LogP contribution in [0.4, 0.5) is 5.13 Å². The van der Waals surface area contributed by atoms with E-state index in [1.54, 1.807) is 18.5 Å². The van der Waals surface area contributed by atoms with Gasteiger partial charge in [0.2, 0.25) is 11.8 Å². The lowest BCUT2D eigenvalue weighted by molar-refractivity contribution is -0.117. The van der Waals surface area contributed by atoms with E-state index in [2.05, 4.69) is 32.5 Å². The third kappa shape index (κ3) is 6.13. The number of pyridine rings is 1. The minimum atomic E-state index is -0.318. The normalized spacial score (nSPS) is 12.9. The van der Waals surface area contributed by atoms with Crippen LogP contribution in [0, 0.1) is 12.8 Å². The number of aromatic nitrogens is 2. The smallest absolute Gasteiger partial charge is 0.269 e. The summed E-state index contributed by atoms with van der Waals surface area (Å²) in [6.45, 7) is 5.87. The number of hydrogen-bond acceptors (Lipinski definition) is 7. The van der Waals surface area contributed by atoms with Gasteiger partial charge in [-0.1, -0.05) is 29.7 Å². The van der Waals surface area contributed by atoms with Crippen molar-refractivity contribution in [1.82, 2.24) is 20.6 Å². The second-order valence-electron chi connectivity index (χ2n) is 6.44. The van der Waals surface area contributed by atoms with Gasteiger partial charge in [-0.3, -0.25) is 19.4 Å². The summed E-state index contributed by atoms with van der Waals surface area (Å²) in [5.74, 6) is -0.451. The summed E-state index contributed by atoms with van der Waals surface area (Å²) in [4.78, 5) is 44.6. The molecule has 2 aromatic rings. The number of hydrogen-bond donors (Lipinski definition) is 3. The average Bonchev–Trinajstić information content (AvgIpc) is 3.48. The minimum Gasteiger partial charge on any atom is -0.351 e. The first kappa shape index (κ1) is 21.0. The Bertz CT molecular complexity index is 940. The van der Waals surface area contributed by atoms with Crippen molar-refractivity contribution in [3.63, 3.8) is 0 Å². The molecule has 0 atom stereocenters. The summed E-state index contributed by atoms with van der Waals surface area (Å²) in [5, 5.41) is 8.72. The molecular weight excluding hydrogens is 410 g/mol. The van der Waals surface area contributed by atoms with Crippen molar-refractivity contribution in [2.45, 2.75) is 28.9 Å². The summed E-state index contributed by atoms with van der Waals surface area (Å²) < 4.78 is 0.906. The van der Waals surface area contributed by atoms with E-state index in [1.165, 1.54) is 29.2 Å². The van der Waals surface area contributed by atoms with Gasteiger partial charge < -0.3 is 16.0 Å². The fraction of sp³-hybridized carbons (Fsp3) is 0.316. The second-order valence-corrected chi connectivity index (χ2v) is 8.81. The molecule has 2 aromatic heterocycles. The van der Waals surface area contributed by atoms with Gasteiger partial charge in [0.25, 0.3) is 5.91 Å². The number of carbonyl (C=O) groups excluding carboxylic acids is 3. The van der Waals surface area contributed by atoms with E-state index < -0.39 is 0 Å². The molecule has 0 saturated heterocycles. The molecule has 1 aliphatic carbocycles. The van der Waals surface area contributed by atoms with Gasteiger partial charge in [0.05, 0.1) is 10.4 Å². The SMILES string of the molecule is C=CC(=O)NCCNC(=O)c1cc(Sc2cnc(NC(=O)C3CC3)s2)c(C)cn1. The number of amides is 3. The number of rotatable bonds is 9. The third-order valence-corrected chi connectivity index (χ3v) is 6.23. The summed E-state index contributed by atoms with van der Waals surface area (Å²) in [6, 6.07) is 1.72. The highest BCUT2D eigenvalue weighted by Gasteiger charge is 2.30. The Morgan fingerprint density at radius 1 is 1.24 bits per heavy atom. The molecule has 3 N–H and O–H groups in total. The van der Waals surface area contributed by atoms with Crippen LogP contribution in [0.3, 0.4) is 0 Å². The molecule has 10 heteroatoms. The van der Waals surface area contributed by atoms with E-state index in [4.69, 9.17) is 0 Å². The van der Waals surface area contributed by atoms with Crippen LogP contribution in [-0.4, -0.2) is 40.8 Å². The molecule has 0 aliphatic heterocycles. The van der Waals surface area contributed by atoms with Crippen LogP contribution in [0.1, 0.15) is 28.9 Å². The predicted octanol–water partition coefficient (Wildman–Crippen LogP) is 2.38. The molecule has 2 heterocycles. The lowest BCUT2D eigenvalue weighted by Crippen LogP contribution is -2.34. The van der Waals surface area contributed by atoms with Crippen LogP contribution in [0.25, 0.3) is 0 Å². The topological polar surface area (TPSA) is 113 Å². The van der Waals surface area contributed by atoms with Gasteiger partial charge in [0, 0.05) is 30.1 Å². The highest BCUT2D eigenvalue weighted by atomic mass is 32.2. The van der Waals surface area contributed by atoms with Gasteiger partial charge >= 0.3 is 0 Å². The standard InChI is InChI=1S/C19H21N5O3S2/c1-3-15(25)20-6-7-21-18(27)13-8-14(11(2)9-22-13)28-16-10-23-19(29-16)24-17(26)12-4-5-12/h3,8-10,12H,1,4-7H2,2H3,(H,20,25)(H,21,27)(H,23,24,26). The van der Waals surface area contributed by atoms with Crippen molar-refractivity contribution in [3.8, 4) is 0 Å². The Hall–Kier alpha value is -2.72. The summed E-state index contributed by atoms with van der Waals surface area (Å²) in [6.07, 6.45) is 6.42. The number of thiazole rings is 1. The summed E-state index contributed by atoms with van der Waals surface area (Å²) in [7, 11) is 0. The van der Waals surface area contributed by atoms with Crippen LogP contribution in [0.15, 0.2) is 40.2 Å². The lowest BCUT2D eigenvalue weighted by atomic mass is 10.2. The van der Waals surface area contributed by atoms with E-state index in [9.17, 15) is 14.4 Å². The fourth-order valence-electron chi connectivity index (χ4n) is 2.29. The molecule has 8 nitrogen and oxygen atoms in total. The number of carbonyl (C=O) groups is 3. The van der Waals surface area contributed by atoms with Crippen LogP contribution in [0.5, 0.6) is 0 Å². The Balaban J connectivity index is 1.58. The maximum Gasteiger partial charge on any atom is 0.269 e. The predicted molar refractivity (Wildman–Crippen MR) is 112 cm³/mol. The molecule has 1 fully saturated rings. The van der Waals surface area contributed by atoms with Crippen molar-refractivity contribution < 1.29 is 14.4 Å². The molecule has 0 spiro atoms. The fourth-order valence-corrected chi connectivity index (χ4v) is 4.22. The first-order valence-corrected chi connectivity index (χ1v) is 10.7. The zero-order valence-corrected chi connectivity index (χ0v) is 17.5. The zero-order valence-electron chi connectivity index (χ0n) is 15.9. The van der Waals surface area contributed by atoms with Crippen LogP contribution >= 0.6 is 23.1 Å². The van der Waals surface area contributed by atoms with Gasteiger partial charge in [-0.25, -0.2) is 4.98 Å². The van der Waals surface area contributed by atoms with Crippen molar-refractivity contribution >= 4 is 46.0 Å². The molecular formula is C19H21N5O3S2. The van der Waals surface area contributed by atoms with Gasteiger partial charge in [-0.15, -0.1) is 0 Å². The Morgan fingerprint density at radius 2 is 2.00 bits per heavy atom. The maximum absolute atomic E-state index is 12.3. The van der Waals surface area contributed by atoms with E-state index in [0.717, 1.165) is 27.5 Å². The van der Waals surface area contributed by atoms with Crippen LogP contribution < -0.4 is 16.0 Å². The van der Waals surface area contributed by atoms with E-state index in [0.29, 0.717) is 17.4 Å². The Labute approximate surface area is 176 Å². The van der Waals surface area contributed by atoms with Crippen molar-refractivity contribution in [2.75, 3.05) is 18.4 Å². The third-order valence-electron chi connectivity index (χ3n) is 4.05. The summed E-state index contributed by atoms with van der Waals surface area (Å²) >= 11 is 2.87. The average molecular weight is 432 g/mol. The van der Waals surface area contributed by atoms with Crippen molar-refractivity contribution in [3.05, 3.63) is 42.4 Å². The Kier molecular flexibility index (Phi) is 6.99.